The van der Waals surface area contributed by atoms with Gasteiger partial charge in [0.25, 0.3) is 0 Å². The van der Waals surface area contributed by atoms with Crippen LogP contribution in [0.25, 0.3) is 22.3 Å². The first kappa shape index (κ1) is 17.2. The van der Waals surface area contributed by atoms with E-state index in [1.54, 1.807) is 24.8 Å². The Hall–Kier alpha value is -2.60. The highest BCUT2D eigenvalue weighted by molar-refractivity contribution is 5.89. The van der Waals surface area contributed by atoms with Gasteiger partial charge in [-0.1, -0.05) is 13.8 Å². The molecule has 1 unspecified atom stereocenters. The average molecular weight is 336 g/mol. The molecule has 0 spiro atoms. The number of rotatable bonds is 6. The van der Waals surface area contributed by atoms with Crippen LogP contribution in [0.2, 0.25) is 0 Å². The first-order valence-electron chi connectivity index (χ1n) is 8.44. The van der Waals surface area contributed by atoms with Crippen molar-refractivity contribution in [1.82, 2.24) is 25.3 Å². The normalized spacial score (nSPS) is 13.0. The van der Waals surface area contributed by atoms with Crippen LogP contribution in [0.3, 0.4) is 0 Å². The summed E-state index contributed by atoms with van der Waals surface area (Å²) in [5.41, 5.74) is 1.83. The molecular formula is C19H24N6. The molecule has 25 heavy (non-hydrogen) atoms. The van der Waals surface area contributed by atoms with Crippen LogP contribution in [-0.4, -0.2) is 39.6 Å². The van der Waals surface area contributed by atoms with Gasteiger partial charge in [-0.05, 0) is 37.6 Å². The Morgan fingerprint density at radius 3 is 2.48 bits per heavy atom. The van der Waals surface area contributed by atoms with E-state index in [0.29, 0.717) is 11.9 Å². The predicted octanol–water partition coefficient (Wildman–Crippen LogP) is 3.13. The summed E-state index contributed by atoms with van der Waals surface area (Å²) in [5, 5.41) is 7.82. The molecular weight excluding hydrogens is 312 g/mol. The lowest BCUT2D eigenvalue weighted by atomic mass is 9.85. The van der Waals surface area contributed by atoms with E-state index >= 15 is 0 Å². The Labute approximate surface area is 148 Å². The number of nitrogens with one attached hydrogen (secondary N) is 2. The molecule has 0 aliphatic carbocycles. The second-order valence-corrected chi connectivity index (χ2v) is 6.88. The third-order valence-corrected chi connectivity index (χ3v) is 4.75. The van der Waals surface area contributed by atoms with Gasteiger partial charge in [-0.15, -0.1) is 0 Å². The van der Waals surface area contributed by atoms with E-state index in [9.17, 15) is 0 Å². The molecule has 0 fully saturated rings. The number of hydrogen-bond acceptors (Lipinski definition) is 6. The highest BCUT2D eigenvalue weighted by atomic mass is 15.0. The van der Waals surface area contributed by atoms with E-state index in [1.165, 1.54) is 0 Å². The van der Waals surface area contributed by atoms with Gasteiger partial charge in [0.05, 0.1) is 11.7 Å². The van der Waals surface area contributed by atoms with Gasteiger partial charge in [0, 0.05) is 42.1 Å². The van der Waals surface area contributed by atoms with Crippen molar-refractivity contribution in [3.05, 3.63) is 43.0 Å². The minimum absolute atomic E-state index is 0.0654. The minimum Gasteiger partial charge on any atom is -0.369 e. The SMILES string of the molecule is CNC(C)C(C)(C)CNc1nc(-c2ccncc2)nc2cnccc12. The van der Waals surface area contributed by atoms with E-state index in [2.05, 4.69) is 46.4 Å². The average Bonchev–Trinajstić information content (AvgIpc) is 2.65. The summed E-state index contributed by atoms with van der Waals surface area (Å²) in [6, 6.07) is 6.14. The summed E-state index contributed by atoms with van der Waals surface area (Å²) >= 11 is 0. The largest absolute Gasteiger partial charge is 0.369 e. The molecule has 2 N–H and O–H groups in total. The van der Waals surface area contributed by atoms with Crippen LogP contribution >= 0.6 is 0 Å². The van der Waals surface area contributed by atoms with Gasteiger partial charge < -0.3 is 10.6 Å². The molecule has 6 nitrogen and oxygen atoms in total. The number of fused-ring (bicyclic) bond motifs is 1. The quantitative estimate of drug-likeness (QED) is 0.720. The lowest BCUT2D eigenvalue weighted by molar-refractivity contribution is 0.287. The Morgan fingerprint density at radius 1 is 1.04 bits per heavy atom. The third kappa shape index (κ3) is 3.74. The summed E-state index contributed by atoms with van der Waals surface area (Å²) in [4.78, 5) is 17.7. The van der Waals surface area contributed by atoms with Crippen LogP contribution in [0.15, 0.2) is 43.0 Å². The molecule has 0 aliphatic rings. The Balaban J connectivity index is 1.99. The third-order valence-electron chi connectivity index (χ3n) is 4.75. The molecule has 0 saturated heterocycles. The maximum atomic E-state index is 4.76. The fraction of sp³-hybridized carbons (Fsp3) is 0.368. The lowest BCUT2D eigenvalue weighted by Crippen LogP contribution is -2.42. The lowest BCUT2D eigenvalue weighted by Gasteiger charge is -2.32. The molecule has 0 amide bonds. The molecule has 0 aromatic carbocycles. The molecule has 3 heterocycles. The molecule has 3 rings (SSSR count). The summed E-state index contributed by atoms with van der Waals surface area (Å²) in [6.07, 6.45) is 7.03. The van der Waals surface area contributed by atoms with Gasteiger partial charge in [0.15, 0.2) is 5.82 Å². The molecule has 1 atom stereocenters. The zero-order valence-electron chi connectivity index (χ0n) is 15.1. The van der Waals surface area contributed by atoms with Crippen molar-refractivity contribution < 1.29 is 0 Å². The van der Waals surface area contributed by atoms with E-state index in [4.69, 9.17) is 4.98 Å². The highest BCUT2D eigenvalue weighted by Gasteiger charge is 2.25. The maximum Gasteiger partial charge on any atom is 0.162 e. The zero-order valence-corrected chi connectivity index (χ0v) is 15.1. The van der Waals surface area contributed by atoms with E-state index in [-0.39, 0.29) is 5.41 Å². The standard InChI is InChI=1S/C19H24N6/c1-13(20-4)19(2,3)12-23-18-15-7-10-22-11-16(15)24-17(25-18)14-5-8-21-9-6-14/h5-11,13,20H,12H2,1-4H3,(H,23,24,25). The number of hydrogen-bond donors (Lipinski definition) is 2. The first-order valence-corrected chi connectivity index (χ1v) is 8.44. The van der Waals surface area contributed by atoms with Gasteiger partial charge in [0.2, 0.25) is 0 Å². The van der Waals surface area contributed by atoms with Crippen molar-refractivity contribution in [2.75, 3.05) is 18.9 Å². The highest BCUT2D eigenvalue weighted by Crippen LogP contribution is 2.26. The van der Waals surface area contributed by atoms with Crippen molar-refractivity contribution in [3.8, 4) is 11.4 Å². The van der Waals surface area contributed by atoms with Crippen molar-refractivity contribution in [2.24, 2.45) is 5.41 Å². The fourth-order valence-corrected chi connectivity index (χ4v) is 2.60. The second kappa shape index (κ2) is 7.11. The Bertz CT molecular complexity index is 847. The Kier molecular flexibility index (Phi) is 4.90. The Morgan fingerprint density at radius 2 is 1.76 bits per heavy atom. The van der Waals surface area contributed by atoms with Gasteiger partial charge in [-0.2, -0.15) is 0 Å². The molecule has 0 saturated carbocycles. The number of anilines is 1. The van der Waals surface area contributed by atoms with Crippen LogP contribution in [0, 0.1) is 5.41 Å². The zero-order chi connectivity index (χ0) is 17.9. The van der Waals surface area contributed by atoms with Crippen molar-refractivity contribution in [2.45, 2.75) is 26.8 Å². The molecule has 3 aromatic rings. The molecule has 0 aliphatic heterocycles. The van der Waals surface area contributed by atoms with E-state index in [0.717, 1.165) is 28.8 Å². The van der Waals surface area contributed by atoms with Crippen LogP contribution in [0.4, 0.5) is 5.82 Å². The minimum atomic E-state index is 0.0654. The van der Waals surface area contributed by atoms with Crippen molar-refractivity contribution >= 4 is 16.7 Å². The van der Waals surface area contributed by atoms with Crippen LogP contribution in [0.1, 0.15) is 20.8 Å². The number of pyridine rings is 2. The summed E-state index contributed by atoms with van der Waals surface area (Å²) in [7, 11) is 1.99. The van der Waals surface area contributed by atoms with E-state index < -0.39 is 0 Å². The first-order chi connectivity index (χ1) is 12.0. The predicted molar refractivity (Wildman–Crippen MR) is 101 cm³/mol. The summed E-state index contributed by atoms with van der Waals surface area (Å²) < 4.78 is 0. The number of nitrogens with zero attached hydrogens (tertiary/aromatic N) is 4. The molecule has 0 radical (unpaired) electrons. The molecule has 3 aromatic heterocycles. The van der Waals surface area contributed by atoms with E-state index in [1.807, 2.05) is 25.2 Å². The molecule has 130 valence electrons. The molecule has 0 bridgehead atoms. The van der Waals surface area contributed by atoms with Gasteiger partial charge >= 0.3 is 0 Å². The summed E-state index contributed by atoms with van der Waals surface area (Å²) in [5.74, 6) is 1.50. The van der Waals surface area contributed by atoms with Crippen molar-refractivity contribution in [1.29, 1.82) is 0 Å². The fourth-order valence-electron chi connectivity index (χ4n) is 2.60. The van der Waals surface area contributed by atoms with Crippen LogP contribution in [0.5, 0.6) is 0 Å². The molecule has 6 heteroatoms. The summed E-state index contributed by atoms with van der Waals surface area (Å²) in [6.45, 7) is 7.44. The van der Waals surface area contributed by atoms with Gasteiger partial charge in [-0.25, -0.2) is 9.97 Å². The number of aromatic nitrogens is 4. The van der Waals surface area contributed by atoms with Crippen LogP contribution in [-0.2, 0) is 0 Å². The second-order valence-electron chi connectivity index (χ2n) is 6.88. The monoisotopic (exact) mass is 336 g/mol. The maximum absolute atomic E-state index is 4.76. The van der Waals surface area contributed by atoms with Gasteiger partial charge in [-0.3, -0.25) is 9.97 Å². The van der Waals surface area contributed by atoms with Crippen molar-refractivity contribution in [3.63, 3.8) is 0 Å². The topological polar surface area (TPSA) is 75.6 Å². The van der Waals surface area contributed by atoms with Gasteiger partial charge in [0.1, 0.15) is 5.82 Å². The van der Waals surface area contributed by atoms with Crippen LogP contribution < -0.4 is 10.6 Å². The smallest absolute Gasteiger partial charge is 0.162 e.